The van der Waals surface area contributed by atoms with Gasteiger partial charge in [-0.15, -0.1) is 0 Å². The highest BCUT2D eigenvalue weighted by atomic mass is 32.1. The van der Waals surface area contributed by atoms with Gasteiger partial charge in [-0.1, -0.05) is 17.4 Å². The van der Waals surface area contributed by atoms with E-state index in [0.29, 0.717) is 23.5 Å². The summed E-state index contributed by atoms with van der Waals surface area (Å²) < 4.78 is 58.5. The standard InChI is InChI=1S/C21H17F4NO3S/c1-10(22)16-9-12(21(23,24)25)3-7-17(16)29-13-4-6-14-11(8-13)2-5-15(14)18-19(27)26-20(28)30-18/h3-4,6-10,15,27H,2,5H2,1H3,(H,26,28)/t10?,15-/m1/s1. The molecule has 2 N–H and O–H groups in total. The van der Waals surface area contributed by atoms with E-state index in [-0.39, 0.29) is 28.0 Å². The van der Waals surface area contributed by atoms with Crippen molar-refractivity contribution in [2.75, 3.05) is 0 Å². The van der Waals surface area contributed by atoms with E-state index in [4.69, 9.17) is 4.74 Å². The number of ether oxygens (including phenoxy) is 1. The van der Waals surface area contributed by atoms with E-state index in [1.807, 2.05) is 0 Å². The third-order valence-corrected chi connectivity index (χ3v) is 6.14. The van der Waals surface area contributed by atoms with E-state index in [9.17, 15) is 27.5 Å². The van der Waals surface area contributed by atoms with Gasteiger partial charge in [0.1, 0.15) is 17.7 Å². The van der Waals surface area contributed by atoms with Gasteiger partial charge in [-0.05, 0) is 61.2 Å². The van der Waals surface area contributed by atoms with Crippen molar-refractivity contribution < 1.29 is 27.4 Å². The Kier molecular flexibility index (Phi) is 5.09. The zero-order valence-corrected chi connectivity index (χ0v) is 16.5. The topological polar surface area (TPSA) is 62.3 Å². The van der Waals surface area contributed by atoms with E-state index in [1.54, 1.807) is 18.2 Å². The van der Waals surface area contributed by atoms with E-state index in [0.717, 1.165) is 47.6 Å². The SMILES string of the molecule is CC(F)c1cc(C(F)(F)F)ccc1Oc1ccc2c(c1)CC[C@H]2c1sc(=O)[nH]c1O. The summed E-state index contributed by atoms with van der Waals surface area (Å²) in [6.45, 7) is 1.16. The maximum absolute atomic E-state index is 14.0. The minimum absolute atomic E-state index is 0.0222. The van der Waals surface area contributed by atoms with Crippen LogP contribution in [0.25, 0.3) is 0 Å². The second kappa shape index (κ2) is 7.46. The molecule has 1 aliphatic carbocycles. The van der Waals surface area contributed by atoms with Crippen molar-refractivity contribution in [3.05, 3.63) is 73.2 Å². The summed E-state index contributed by atoms with van der Waals surface area (Å²) in [4.78, 5) is 14.1. The molecule has 0 saturated heterocycles. The van der Waals surface area contributed by atoms with Crippen LogP contribution in [0.3, 0.4) is 0 Å². The molecule has 1 aromatic heterocycles. The number of nitrogens with one attached hydrogen (secondary N) is 1. The van der Waals surface area contributed by atoms with E-state index in [1.165, 1.54) is 0 Å². The number of fused-ring (bicyclic) bond motifs is 1. The molecule has 2 atom stereocenters. The summed E-state index contributed by atoms with van der Waals surface area (Å²) in [6.07, 6.45) is -4.82. The van der Waals surface area contributed by atoms with E-state index < -0.39 is 17.9 Å². The van der Waals surface area contributed by atoms with Gasteiger partial charge in [0.05, 0.1) is 10.4 Å². The predicted octanol–water partition coefficient (Wildman–Crippen LogP) is 6.06. The molecule has 2 aromatic carbocycles. The van der Waals surface area contributed by atoms with Gasteiger partial charge in [-0.25, -0.2) is 4.39 Å². The molecule has 0 radical (unpaired) electrons. The maximum Gasteiger partial charge on any atom is 0.416 e. The highest BCUT2D eigenvalue weighted by molar-refractivity contribution is 7.09. The van der Waals surface area contributed by atoms with Crippen molar-refractivity contribution in [3.8, 4) is 17.4 Å². The lowest BCUT2D eigenvalue weighted by molar-refractivity contribution is -0.137. The molecule has 1 unspecified atom stereocenters. The highest BCUT2D eigenvalue weighted by Crippen LogP contribution is 2.44. The molecule has 0 fully saturated rings. The average Bonchev–Trinajstić information content (AvgIpc) is 3.22. The van der Waals surface area contributed by atoms with Crippen LogP contribution in [0.15, 0.2) is 41.2 Å². The van der Waals surface area contributed by atoms with Crippen LogP contribution < -0.4 is 9.61 Å². The molecule has 9 heteroatoms. The normalized spacial score (nSPS) is 17.0. The number of aryl methyl sites for hydroxylation is 1. The van der Waals surface area contributed by atoms with Gasteiger partial charge >= 0.3 is 11.0 Å². The molecule has 0 saturated carbocycles. The van der Waals surface area contributed by atoms with Crippen molar-refractivity contribution in [3.63, 3.8) is 0 Å². The predicted molar refractivity (Wildman–Crippen MR) is 104 cm³/mol. The molecule has 4 rings (SSSR count). The number of aromatic nitrogens is 1. The van der Waals surface area contributed by atoms with Crippen molar-refractivity contribution >= 4 is 11.3 Å². The van der Waals surface area contributed by atoms with Crippen molar-refractivity contribution in [1.82, 2.24) is 4.98 Å². The number of aromatic amines is 1. The molecule has 0 aliphatic heterocycles. The monoisotopic (exact) mass is 439 g/mol. The number of halogens is 4. The first-order valence-corrected chi connectivity index (χ1v) is 10.0. The zero-order chi connectivity index (χ0) is 21.6. The number of hydrogen-bond acceptors (Lipinski definition) is 4. The fourth-order valence-electron chi connectivity index (χ4n) is 3.75. The first kappa shape index (κ1) is 20.5. The third-order valence-electron chi connectivity index (χ3n) is 5.16. The number of benzene rings is 2. The van der Waals surface area contributed by atoms with Gasteiger partial charge in [-0.3, -0.25) is 9.78 Å². The van der Waals surface area contributed by atoms with Gasteiger partial charge in [0.25, 0.3) is 0 Å². The quantitative estimate of drug-likeness (QED) is 0.486. The molecule has 30 heavy (non-hydrogen) atoms. The Bertz CT molecular complexity index is 1150. The molecular formula is C21H17F4NO3S. The van der Waals surface area contributed by atoms with Crippen LogP contribution in [0.5, 0.6) is 17.4 Å². The van der Waals surface area contributed by atoms with Crippen LogP contribution in [-0.4, -0.2) is 10.1 Å². The molecule has 3 aromatic rings. The fourth-order valence-corrected chi connectivity index (χ4v) is 4.64. The lowest BCUT2D eigenvalue weighted by atomic mass is 10.00. The number of aromatic hydroxyl groups is 1. The Hall–Kier alpha value is -2.81. The number of thiazole rings is 1. The largest absolute Gasteiger partial charge is 0.494 e. The van der Waals surface area contributed by atoms with E-state index >= 15 is 0 Å². The van der Waals surface area contributed by atoms with Crippen LogP contribution in [0, 0.1) is 0 Å². The second-order valence-electron chi connectivity index (χ2n) is 7.15. The van der Waals surface area contributed by atoms with Crippen molar-refractivity contribution in [1.29, 1.82) is 0 Å². The fraction of sp³-hybridized carbons (Fsp3) is 0.286. The molecule has 0 bridgehead atoms. The molecule has 158 valence electrons. The van der Waals surface area contributed by atoms with Gasteiger partial charge in [0.15, 0.2) is 0 Å². The summed E-state index contributed by atoms with van der Waals surface area (Å²) in [5.41, 5.74) is 0.778. The summed E-state index contributed by atoms with van der Waals surface area (Å²) in [5, 5.41) is 9.94. The van der Waals surface area contributed by atoms with Gasteiger partial charge in [-0.2, -0.15) is 13.2 Å². The zero-order valence-electron chi connectivity index (χ0n) is 15.7. The number of rotatable bonds is 4. The first-order valence-electron chi connectivity index (χ1n) is 9.21. The van der Waals surface area contributed by atoms with Crippen LogP contribution in [0.1, 0.15) is 52.6 Å². The van der Waals surface area contributed by atoms with Crippen LogP contribution in [0.4, 0.5) is 17.6 Å². The molecule has 1 heterocycles. The number of H-pyrrole nitrogens is 1. The van der Waals surface area contributed by atoms with E-state index in [2.05, 4.69) is 4.98 Å². The molecular weight excluding hydrogens is 422 g/mol. The number of alkyl halides is 4. The highest BCUT2D eigenvalue weighted by Gasteiger charge is 2.32. The third kappa shape index (κ3) is 3.81. The Labute approximate surface area is 172 Å². The van der Waals surface area contributed by atoms with Gasteiger partial charge < -0.3 is 9.84 Å². The molecule has 1 aliphatic rings. The Balaban J connectivity index is 1.63. The number of hydrogen-bond donors (Lipinski definition) is 2. The molecule has 0 amide bonds. The Morgan fingerprint density at radius 2 is 2.00 bits per heavy atom. The minimum Gasteiger partial charge on any atom is -0.494 e. The van der Waals surface area contributed by atoms with Gasteiger partial charge in [0, 0.05) is 11.5 Å². The second-order valence-corrected chi connectivity index (χ2v) is 8.16. The summed E-state index contributed by atoms with van der Waals surface area (Å²) in [6, 6.07) is 7.95. The minimum atomic E-state index is -4.57. The molecule has 0 spiro atoms. The maximum atomic E-state index is 14.0. The van der Waals surface area contributed by atoms with Crippen LogP contribution >= 0.6 is 11.3 Å². The molecule has 4 nitrogen and oxygen atoms in total. The smallest absolute Gasteiger partial charge is 0.416 e. The van der Waals surface area contributed by atoms with Gasteiger partial charge in [0.2, 0.25) is 5.88 Å². The summed E-state index contributed by atoms with van der Waals surface area (Å²) in [7, 11) is 0. The van der Waals surface area contributed by atoms with Crippen LogP contribution in [0.2, 0.25) is 0 Å². The Morgan fingerprint density at radius 3 is 2.63 bits per heavy atom. The lowest BCUT2D eigenvalue weighted by Crippen LogP contribution is -2.06. The lowest BCUT2D eigenvalue weighted by Gasteiger charge is -2.16. The van der Waals surface area contributed by atoms with Crippen molar-refractivity contribution in [2.24, 2.45) is 0 Å². The van der Waals surface area contributed by atoms with Crippen LogP contribution in [-0.2, 0) is 12.6 Å². The first-order chi connectivity index (χ1) is 14.1. The average molecular weight is 439 g/mol. The van der Waals surface area contributed by atoms with Crippen molar-refractivity contribution in [2.45, 2.75) is 38.0 Å². The summed E-state index contributed by atoms with van der Waals surface area (Å²) >= 11 is 0.965. The Morgan fingerprint density at radius 1 is 1.23 bits per heavy atom. The summed E-state index contributed by atoms with van der Waals surface area (Å²) in [5.74, 6) is 0.150.